The Bertz CT molecular complexity index is 634. The van der Waals surface area contributed by atoms with Gasteiger partial charge in [0.2, 0.25) is 5.91 Å². The summed E-state index contributed by atoms with van der Waals surface area (Å²) >= 11 is 0. The molecule has 3 N–H and O–H groups in total. The van der Waals surface area contributed by atoms with Gasteiger partial charge in [-0.15, -0.1) is 0 Å². The van der Waals surface area contributed by atoms with Crippen LogP contribution >= 0.6 is 0 Å². The first-order chi connectivity index (χ1) is 22.5. The minimum absolute atomic E-state index is 0.0620. The normalized spacial score (nSPS) is 13.2. The van der Waals surface area contributed by atoms with Crippen LogP contribution in [-0.4, -0.2) is 34.9 Å². The molecular weight excluding hydrogens is 566 g/mol. The smallest absolute Gasteiger partial charge is 0.220 e. The number of carbonyl (C=O) groups is 1. The lowest BCUT2D eigenvalue weighted by Gasteiger charge is -2.20. The van der Waals surface area contributed by atoms with Gasteiger partial charge in [0, 0.05) is 6.42 Å². The van der Waals surface area contributed by atoms with Gasteiger partial charge in [-0.3, -0.25) is 4.79 Å². The fourth-order valence-electron chi connectivity index (χ4n) is 6.48. The number of amides is 1. The summed E-state index contributed by atoms with van der Waals surface area (Å²) in [5.41, 5.74) is 0. The van der Waals surface area contributed by atoms with E-state index in [0.717, 1.165) is 31.6 Å². The Balaban J connectivity index is 3.50. The summed E-state index contributed by atoms with van der Waals surface area (Å²) in [6.45, 7) is 6.64. The maximum atomic E-state index is 12.3. The molecule has 0 saturated heterocycles. The van der Waals surface area contributed by atoms with Crippen molar-refractivity contribution in [2.24, 2.45) is 5.92 Å². The van der Waals surface area contributed by atoms with Gasteiger partial charge in [-0.2, -0.15) is 0 Å². The average Bonchev–Trinajstić information content (AvgIpc) is 3.04. The molecule has 1 amide bonds. The van der Waals surface area contributed by atoms with E-state index in [2.05, 4.69) is 26.1 Å². The molecule has 2 unspecified atom stereocenters. The van der Waals surface area contributed by atoms with Crippen molar-refractivity contribution >= 4 is 5.91 Å². The van der Waals surface area contributed by atoms with E-state index in [9.17, 15) is 15.0 Å². The van der Waals surface area contributed by atoms with Gasteiger partial charge in [-0.1, -0.05) is 213 Å². The molecule has 0 aromatic heterocycles. The Morgan fingerprint density at radius 1 is 0.565 bits per heavy atom. The molecule has 4 heteroatoms. The Morgan fingerprint density at radius 3 is 1.33 bits per heavy atom. The molecule has 0 saturated carbocycles. The Hall–Kier alpha value is -0.870. The first-order valence-corrected chi connectivity index (χ1v) is 20.8. The second-order valence-corrected chi connectivity index (χ2v) is 14.9. The number of allylic oxidation sites excluding steroid dienone is 1. The molecule has 0 aromatic rings. The minimum atomic E-state index is -0.834. The van der Waals surface area contributed by atoms with Gasteiger partial charge >= 0.3 is 0 Å². The summed E-state index contributed by atoms with van der Waals surface area (Å²) in [6, 6.07) is -0.616. The Kier molecular flexibility index (Phi) is 36.3. The first-order valence-electron chi connectivity index (χ1n) is 20.8. The maximum absolute atomic E-state index is 12.3. The van der Waals surface area contributed by atoms with Crippen molar-refractivity contribution in [1.82, 2.24) is 5.32 Å². The van der Waals surface area contributed by atoms with E-state index in [4.69, 9.17) is 0 Å². The molecule has 0 aliphatic carbocycles. The Labute approximate surface area is 288 Å². The van der Waals surface area contributed by atoms with Crippen molar-refractivity contribution in [3.05, 3.63) is 12.2 Å². The molecule has 0 aliphatic heterocycles. The first kappa shape index (κ1) is 45.1. The van der Waals surface area contributed by atoms with Crippen LogP contribution < -0.4 is 5.32 Å². The van der Waals surface area contributed by atoms with Crippen LogP contribution in [0.1, 0.15) is 226 Å². The van der Waals surface area contributed by atoms with Gasteiger partial charge < -0.3 is 15.5 Å². The third kappa shape index (κ3) is 34.5. The molecule has 2 atom stereocenters. The van der Waals surface area contributed by atoms with Crippen LogP contribution in [0.3, 0.4) is 0 Å². The van der Waals surface area contributed by atoms with Gasteiger partial charge in [0.1, 0.15) is 0 Å². The summed E-state index contributed by atoms with van der Waals surface area (Å²) in [6.07, 6.45) is 44.6. The number of nitrogens with one attached hydrogen (secondary N) is 1. The standard InChI is InChI=1S/C42H83NO3/c1-4-5-6-7-8-9-10-11-12-13-14-15-16-17-18-19-20-21-25-28-31-34-37-42(46)43-40(38-44)41(45)36-33-30-27-24-22-23-26-29-32-35-39(2)3/h33,36,39-41,44-45H,4-32,34-35,37-38H2,1-3H3,(H,43,46). The van der Waals surface area contributed by atoms with Crippen molar-refractivity contribution in [2.45, 2.75) is 238 Å². The van der Waals surface area contributed by atoms with E-state index < -0.39 is 12.1 Å². The second kappa shape index (κ2) is 37.0. The van der Waals surface area contributed by atoms with Crippen molar-refractivity contribution in [3.63, 3.8) is 0 Å². The summed E-state index contributed by atoms with van der Waals surface area (Å²) in [4.78, 5) is 12.3. The monoisotopic (exact) mass is 650 g/mol. The number of hydrogen-bond donors (Lipinski definition) is 3. The number of unbranched alkanes of at least 4 members (excludes halogenated alkanes) is 28. The molecule has 0 rings (SSSR count). The minimum Gasteiger partial charge on any atom is -0.394 e. The van der Waals surface area contributed by atoms with Gasteiger partial charge in [-0.25, -0.2) is 0 Å². The summed E-state index contributed by atoms with van der Waals surface area (Å²) in [5, 5.41) is 22.9. The second-order valence-electron chi connectivity index (χ2n) is 14.9. The molecule has 4 nitrogen and oxygen atoms in total. The van der Waals surface area contributed by atoms with E-state index in [1.807, 2.05) is 6.08 Å². The molecule has 0 bridgehead atoms. The van der Waals surface area contributed by atoms with Gasteiger partial charge in [0.15, 0.2) is 0 Å². The highest BCUT2D eigenvalue weighted by atomic mass is 16.3. The predicted molar refractivity (Wildman–Crippen MR) is 202 cm³/mol. The number of rotatable bonds is 37. The lowest BCUT2D eigenvalue weighted by atomic mass is 10.0. The van der Waals surface area contributed by atoms with Crippen LogP contribution in [0.4, 0.5) is 0 Å². The van der Waals surface area contributed by atoms with Crippen molar-refractivity contribution in [2.75, 3.05) is 6.61 Å². The highest BCUT2D eigenvalue weighted by Gasteiger charge is 2.17. The number of aliphatic hydroxyl groups is 2. The van der Waals surface area contributed by atoms with Crippen LogP contribution in [-0.2, 0) is 4.79 Å². The quantitative estimate of drug-likeness (QED) is 0.0463. The molecule has 0 fully saturated rings. The van der Waals surface area contributed by atoms with Crippen molar-refractivity contribution in [3.8, 4) is 0 Å². The lowest BCUT2D eigenvalue weighted by Crippen LogP contribution is -2.45. The molecular formula is C42H83NO3. The molecule has 0 spiro atoms. The number of hydrogen-bond acceptors (Lipinski definition) is 3. The van der Waals surface area contributed by atoms with Crippen LogP contribution in [0.15, 0.2) is 12.2 Å². The summed E-state index contributed by atoms with van der Waals surface area (Å²) in [7, 11) is 0. The molecule has 0 radical (unpaired) electrons. The SMILES string of the molecule is CCCCCCCCCCCCCCCCCCCCCCCCC(=O)NC(CO)C(O)C=CCCCCCCCCCC(C)C. The Morgan fingerprint density at radius 2 is 0.935 bits per heavy atom. The zero-order valence-corrected chi connectivity index (χ0v) is 31.5. The van der Waals surface area contributed by atoms with E-state index in [1.54, 1.807) is 6.08 Å². The summed E-state index contributed by atoms with van der Waals surface area (Å²) < 4.78 is 0. The van der Waals surface area contributed by atoms with E-state index in [-0.39, 0.29) is 12.5 Å². The third-order valence-corrected chi connectivity index (χ3v) is 9.70. The van der Waals surface area contributed by atoms with E-state index in [0.29, 0.717) is 6.42 Å². The van der Waals surface area contributed by atoms with E-state index in [1.165, 1.54) is 173 Å². The molecule has 0 aromatic carbocycles. The largest absolute Gasteiger partial charge is 0.394 e. The van der Waals surface area contributed by atoms with E-state index >= 15 is 0 Å². The fraction of sp³-hybridized carbons (Fsp3) is 0.929. The topological polar surface area (TPSA) is 69.6 Å². The van der Waals surface area contributed by atoms with Crippen LogP contribution in [0.25, 0.3) is 0 Å². The molecule has 0 heterocycles. The van der Waals surface area contributed by atoms with Crippen LogP contribution in [0, 0.1) is 5.92 Å². The summed E-state index contributed by atoms with van der Waals surface area (Å²) in [5.74, 6) is 0.761. The fourth-order valence-corrected chi connectivity index (χ4v) is 6.48. The molecule has 0 aliphatic rings. The maximum Gasteiger partial charge on any atom is 0.220 e. The average molecular weight is 650 g/mol. The lowest BCUT2D eigenvalue weighted by molar-refractivity contribution is -0.123. The van der Waals surface area contributed by atoms with Crippen LogP contribution in [0.5, 0.6) is 0 Å². The zero-order valence-electron chi connectivity index (χ0n) is 31.5. The number of aliphatic hydroxyl groups excluding tert-OH is 2. The van der Waals surface area contributed by atoms with Crippen LogP contribution in [0.2, 0.25) is 0 Å². The van der Waals surface area contributed by atoms with Crippen molar-refractivity contribution < 1.29 is 15.0 Å². The highest BCUT2D eigenvalue weighted by Crippen LogP contribution is 2.16. The van der Waals surface area contributed by atoms with Crippen molar-refractivity contribution in [1.29, 1.82) is 0 Å². The predicted octanol–water partition coefficient (Wildman–Crippen LogP) is 12.5. The molecule has 46 heavy (non-hydrogen) atoms. The van der Waals surface area contributed by atoms with Gasteiger partial charge in [0.25, 0.3) is 0 Å². The highest BCUT2D eigenvalue weighted by molar-refractivity contribution is 5.76. The van der Waals surface area contributed by atoms with Gasteiger partial charge in [0.05, 0.1) is 18.8 Å². The molecule has 274 valence electrons. The third-order valence-electron chi connectivity index (χ3n) is 9.70. The zero-order chi connectivity index (χ0) is 33.8. The van der Waals surface area contributed by atoms with Gasteiger partial charge in [-0.05, 0) is 25.2 Å². The number of carbonyl (C=O) groups excluding carboxylic acids is 1.